The Morgan fingerprint density at radius 2 is 2.50 bits per heavy atom. The van der Waals surface area contributed by atoms with E-state index in [9.17, 15) is 0 Å². The lowest BCUT2D eigenvalue weighted by Crippen LogP contribution is -2.16. The fourth-order valence-electron chi connectivity index (χ4n) is 1.19. The van der Waals surface area contributed by atoms with Crippen LogP contribution in [-0.4, -0.2) is 11.6 Å². The third-order valence-electron chi connectivity index (χ3n) is 1.98. The van der Waals surface area contributed by atoms with Crippen LogP contribution in [0.4, 0.5) is 0 Å². The first-order chi connectivity index (χ1) is 5.79. The highest BCUT2D eigenvalue weighted by atomic mass is 15.0. The van der Waals surface area contributed by atoms with Gasteiger partial charge in [-0.2, -0.15) is 5.26 Å². The van der Waals surface area contributed by atoms with E-state index < -0.39 is 0 Å². The van der Waals surface area contributed by atoms with Crippen LogP contribution in [0.2, 0.25) is 0 Å². The van der Waals surface area contributed by atoms with Crippen molar-refractivity contribution in [2.45, 2.75) is 19.5 Å². The van der Waals surface area contributed by atoms with E-state index in [1.54, 1.807) is 0 Å². The van der Waals surface area contributed by atoms with Gasteiger partial charge in [-0.05, 0) is 26.1 Å². The summed E-state index contributed by atoms with van der Waals surface area (Å²) in [6.07, 6.45) is 1.92. The molecule has 0 amide bonds. The van der Waals surface area contributed by atoms with Crippen molar-refractivity contribution in [3.63, 3.8) is 0 Å². The van der Waals surface area contributed by atoms with E-state index in [0.29, 0.717) is 12.6 Å². The molecule has 12 heavy (non-hydrogen) atoms. The van der Waals surface area contributed by atoms with Gasteiger partial charge in [0, 0.05) is 17.9 Å². The highest BCUT2D eigenvalue weighted by Gasteiger charge is 2.06. The minimum Gasteiger partial charge on any atom is -0.336 e. The maximum atomic E-state index is 8.53. The minimum atomic E-state index is 0.299. The van der Waals surface area contributed by atoms with Gasteiger partial charge >= 0.3 is 0 Å². The molecule has 0 fully saturated rings. The van der Waals surface area contributed by atoms with Crippen LogP contribution in [0.5, 0.6) is 0 Å². The quantitative estimate of drug-likeness (QED) is 0.729. The summed E-state index contributed by atoms with van der Waals surface area (Å²) in [5.74, 6) is 0. The summed E-state index contributed by atoms with van der Waals surface area (Å²) in [7, 11) is 1.91. The molecular weight excluding hydrogens is 150 g/mol. The third kappa shape index (κ3) is 1.66. The highest BCUT2D eigenvalue weighted by molar-refractivity contribution is 5.12. The van der Waals surface area contributed by atoms with Gasteiger partial charge in [-0.1, -0.05) is 0 Å². The van der Waals surface area contributed by atoms with Crippen molar-refractivity contribution in [3.05, 3.63) is 24.0 Å². The molecule has 0 spiro atoms. The fraction of sp³-hybridized carbons (Fsp3) is 0.444. The molecule has 0 saturated carbocycles. The van der Waals surface area contributed by atoms with Gasteiger partial charge in [0.1, 0.15) is 6.54 Å². The van der Waals surface area contributed by atoms with Crippen LogP contribution in [0.25, 0.3) is 0 Å². The minimum absolute atomic E-state index is 0.299. The molecular formula is C9H13N3. The molecule has 0 saturated heterocycles. The van der Waals surface area contributed by atoms with Crippen LogP contribution >= 0.6 is 0 Å². The first-order valence-corrected chi connectivity index (χ1v) is 3.99. The van der Waals surface area contributed by atoms with Gasteiger partial charge in [0.05, 0.1) is 6.07 Å². The van der Waals surface area contributed by atoms with Gasteiger partial charge in [0.2, 0.25) is 0 Å². The summed E-state index contributed by atoms with van der Waals surface area (Å²) in [6, 6.07) is 6.41. The van der Waals surface area contributed by atoms with Gasteiger partial charge < -0.3 is 9.88 Å². The Labute approximate surface area is 72.6 Å². The molecule has 0 aliphatic rings. The summed E-state index contributed by atoms with van der Waals surface area (Å²) < 4.78 is 1.95. The number of nitrogens with zero attached hydrogens (tertiary/aromatic N) is 2. The second-order valence-corrected chi connectivity index (χ2v) is 2.73. The normalized spacial score (nSPS) is 12.4. The zero-order valence-electron chi connectivity index (χ0n) is 7.41. The molecule has 0 aliphatic carbocycles. The Hall–Kier alpha value is -1.27. The van der Waals surface area contributed by atoms with Crippen LogP contribution in [0.3, 0.4) is 0 Å². The maximum Gasteiger partial charge on any atom is 0.109 e. The van der Waals surface area contributed by atoms with Crippen LogP contribution < -0.4 is 5.32 Å². The molecule has 0 radical (unpaired) electrons. The first-order valence-electron chi connectivity index (χ1n) is 3.99. The van der Waals surface area contributed by atoms with E-state index in [1.807, 2.05) is 29.9 Å². The smallest absolute Gasteiger partial charge is 0.109 e. The van der Waals surface area contributed by atoms with E-state index in [1.165, 1.54) is 0 Å². The second kappa shape index (κ2) is 3.93. The monoisotopic (exact) mass is 163 g/mol. The van der Waals surface area contributed by atoms with E-state index in [0.717, 1.165) is 5.69 Å². The lowest BCUT2D eigenvalue weighted by molar-refractivity contribution is 0.594. The number of hydrogen-bond donors (Lipinski definition) is 1. The average Bonchev–Trinajstić information content (AvgIpc) is 2.52. The Balaban J connectivity index is 2.84. The Bertz CT molecular complexity index is 282. The Kier molecular flexibility index (Phi) is 2.89. The molecule has 3 nitrogen and oxygen atoms in total. The second-order valence-electron chi connectivity index (χ2n) is 2.73. The standard InChI is InChI=1S/C9H13N3/c1-8(11-2)9-4-3-6-12(9)7-5-10/h3-4,6,8,11H,7H2,1-2H3. The predicted octanol–water partition coefficient (Wildman–Crippen LogP) is 1.29. The lowest BCUT2D eigenvalue weighted by Gasteiger charge is -2.12. The topological polar surface area (TPSA) is 40.8 Å². The van der Waals surface area contributed by atoms with Crippen molar-refractivity contribution in [2.75, 3.05) is 7.05 Å². The van der Waals surface area contributed by atoms with Crippen molar-refractivity contribution in [1.29, 1.82) is 5.26 Å². The zero-order chi connectivity index (χ0) is 8.97. The van der Waals surface area contributed by atoms with E-state index in [2.05, 4.69) is 18.3 Å². The van der Waals surface area contributed by atoms with Crippen molar-refractivity contribution in [1.82, 2.24) is 9.88 Å². The lowest BCUT2D eigenvalue weighted by atomic mass is 10.2. The molecule has 0 bridgehead atoms. The molecule has 0 aromatic carbocycles. The molecule has 1 unspecified atom stereocenters. The number of hydrogen-bond acceptors (Lipinski definition) is 2. The van der Waals surface area contributed by atoms with E-state index in [4.69, 9.17) is 5.26 Å². The summed E-state index contributed by atoms with van der Waals surface area (Å²) in [6.45, 7) is 2.50. The summed E-state index contributed by atoms with van der Waals surface area (Å²) in [5, 5.41) is 11.7. The summed E-state index contributed by atoms with van der Waals surface area (Å²) >= 11 is 0. The average molecular weight is 163 g/mol. The van der Waals surface area contributed by atoms with Gasteiger partial charge in [-0.15, -0.1) is 0 Å². The fourth-order valence-corrected chi connectivity index (χ4v) is 1.19. The van der Waals surface area contributed by atoms with Gasteiger partial charge in [-0.25, -0.2) is 0 Å². The number of rotatable bonds is 3. The van der Waals surface area contributed by atoms with E-state index in [-0.39, 0.29) is 0 Å². The van der Waals surface area contributed by atoms with Crippen molar-refractivity contribution in [3.8, 4) is 6.07 Å². The zero-order valence-corrected chi connectivity index (χ0v) is 7.41. The molecule has 3 heteroatoms. The molecule has 0 aliphatic heterocycles. The van der Waals surface area contributed by atoms with E-state index >= 15 is 0 Å². The molecule has 1 N–H and O–H groups in total. The van der Waals surface area contributed by atoms with Crippen LogP contribution in [0, 0.1) is 11.3 Å². The van der Waals surface area contributed by atoms with Crippen LogP contribution in [0.1, 0.15) is 18.7 Å². The first kappa shape index (κ1) is 8.82. The van der Waals surface area contributed by atoms with Gasteiger partial charge in [0.15, 0.2) is 0 Å². The van der Waals surface area contributed by atoms with Gasteiger partial charge in [-0.3, -0.25) is 0 Å². The molecule has 1 aromatic rings. The summed E-state index contributed by atoms with van der Waals surface area (Å²) in [4.78, 5) is 0. The Morgan fingerprint density at radius 3 is 3.08 bits per heavy atom. The van der Waals surface area contributed by atoms with Gasteiger partial charge in [0.25, 0.3) is 0 Å². The molecule has 1 rings (SSSR count). The third-order valence-corrected chi connectivity index (χ3v) is 1.98. The maximum absolute atomic E-state index is 8.53. The van der Waals surface area contributed by atoms with Crippen LogP contribution in [-0.2, 0) is 6.54 Å². The summed E-state index contributed by atoms with van der Waals surface area (Å²) in [5.41, 5.74) is 1.15. The Morgan fingerprint density at radius 1 is 1.75 bits per heavy atom. The number of aromatic nitrogens is 1. The SMILES string of the molecule is CNC(C)c1cccn1CC#N. The van der Waals surface area contributed by atoms with Crippen molar-refractivity contribution < 1.29 is 0 Å². The number of nitrogens with one attached hydrogen (secondary N) is 1. The molecule has 1 atom stereocenters. The van der Waals surface area contributed by atoms with Crippen molar-refractivity contribution >= 4 is 0 Å². The highest BCUT2D eigenvalue weighted by Crippen LogP contribution is 2.11. The van der Waals surface area contributed by atoms with Crippen molar-refractivity contribution in [2.24, 2.45) is 0 Å². The number of nitriles is 1. The molecule has 1 aromatic heterocycles. The molecule has 64 valence electrons. The largest absolute Gasteiger partial charge is 0.336 e. The predicted molar refractivity (Wildman–Crippen MR) is 47.5 cm³/mol. The van der Waals surface area contributed by atoms with Crippen LogP contribution in [0.15, 0.2) is 18.3 Å². The molecule has 1 heterocycles.